The molecule has 1 aromatic carbocycles. The molecule has 0 radical (unpaired) electrons. The highest BCUT2D eigenvalue weighted by Crippen LogP contribution is 2.32. The van der Waals surface area contributed by atoms with Crippen LogP contribution in [0.15, 0.2) is 18.2 Å². The standard InChI is InChI=1S/C26H41N3O8/c1-15(2)21-19(25(29-28-21)37-26-24(34)23(33)22(32)20(14-31)36-26)13-17-6-7-18(12-16(17)3)35-11-5-9-27-8-4-10-30/h6-7,12,15,20,22-24,26-27,30-34H,4-5,8-11,13-14H2,1-3H3,(H,28,29)/t20-,22-,23+,24-,26?/m1/s1. The first-order valence-electron chi connectivity index (χ1n) is 12.8. The van der Waals surface area contributed by atoms with Crippen molar-refractivity contribution < 1.29 is 39.7 Å². The largest absolute Gasteiger partial charge is 0.494 e. The van der Waals surface area contributed by atoms with E-state index in [9.17, 15) is 20.4 Å². The van der Waals surface area contributed by atoms with E-state index in [4.69, 9.17) is 19.3 Å². The molecule has 1 aliphatic rings. The molecule has 0 bridgehead atoms. The van der Waals surface area contributed by atoms with E-state index >= 15 is 0 Å². The van der Waals surface area contributed by atoms with Crippen molar-refractivity contribution in [2.45, 2.75) is 76.7 Å². The molecule has 208 valence electrons. The Kier molecular flexibility index (Phi) is 11.1. The van der Waals surface area contributed by atoms with Crippen LogP contribution in [0.1, 0.15) is 55.0 Å². The summed E-state index contributed by atoms with van der Waals surface area (Å²) in [6.07, 6.45) is -4.80. The Hall–Kier alpha value is -2.25. The van der Waals surface area contributed by atoms with Gasteiger partial charge in [0, 0.05) is 24.3 Å². The highest BCUT2D eigenvalue weighted by molar-refractivity contribution is 5.42. The molecule has 0 spiro atoms. The van der Waals surface area contributed by atoms with Crippen molar-refractivity contribution in [3.8, 4) is 11.6 Å². The Morgan fingerprint density at radius 1 is 1.08 bits per heavy atom. The number of hydrogen-bond acceptors (Lipinski definition) is 10. The molecule has 2 heterocycles. The maximum absolute atomic E-state index is 10.4. The van der Waals surface area contributed by atoms with Crippen LogP contribution in [0, 0.1) is 6.92 Å². The number of benzene rings is 1. The SMILES string of the molecule is Cc1cc(OCCCNCCCO)ccc1Cc1c(OC2O[C@H](CO)[C@@H](O)[C@H](O)[C@H]2O)n[nH]c1C(C)C. The van der Waals surface area contributed by atoms with E-state index in [1.807, 2.05) is 39.0 Å². The molecule has 0 saturated carbocycles. The summed E-state index contributed by atoms with van der Waals surface area (Å²) in [5.74, 6) is 1.12. The molecule has 1 aromatic heterocycles. The van der Waals surface area contributed by atoms with Crippen molar-refractivity contribution in [1.29, 1.82) is 0 Å². The molecule has 3 rings (SSSR count). The van der Waals surface area contributed by atoms with Crippen molar-refractivity contribution in [2.24, 2.45) is 0 Å². The van der Waals surface area contributed by atoms with Crippen LogP contribution in [0.5, 0.6) is 11.6 Å². The van der Waals surface area contributed by atoms with Gasteiger partial charge in [0.05, 0.1) is 13.2 Å². The van der Waals surface area contributed by atoms with Crippen molar-refractivity contribution in [1.82, 2.24) is 15.5 Å². The minimum absolute atomic E-state index is 0.114. The molecule has 1 aliphatic heterocycles. The predicted octanol–water partition coefficient (Wildman–Crippen LogP) is 0.352. The second-order valence-corrected chi connectivity index (χ2v) is 9.69. The zero-order valence-electron chi connectivity index (χ0n) is 21.8. The first-order chi connectivity index (χ1) is 17.8. The molecule has 7 N–H and O–H groups in total. The quantitative estimate of drug-likeness (QED) is 0.172. The lowest BCUT2D eigenvalue weighted by molar-refractivity contribution is -0.278. The number of H-pyrrole nitrogens is 1. The monoisotopic (exact) mass is 523 g/mol. The maximum atomic E-state index is 10.4. The third-order valence-corrected chi connectivity index (χ3v) is 6.47. The molecule has 0 amide bonds. The van der Waals surface area contributed by atoms with Gasteiger partial charge in [0.2, 0.25) is 12.2 Å². The van der Waals surface area contributed by atoms with Crippen molar-refractivity contribution in [3.05, 3.63) is 40.6 Å². The molecule has 37 heavy (non-hydrogen) atoms. The fourth-order valence-electron chi connectivity index (χ4n) is 4.24. The van der Waals surface area contributed by atoms with Crippen LogP contribution in [-0.4, -0.2) is 99.3 Å². The second kappa shape index (κ2) is 14.1. The van der Waals surface area contributed by atoms with Crippen molar-refractivity contribution >= 4 is 0 Å². The van der Waals surface area contributed by atoms with E-state index in [0.717, 1.165) is 54.1 Å². The van der Waals surface area contributed by atoms with Gasteiger partial charge in [-0.05, 0) is 62.0 Å². The van der Waals surface area contributed by atoms with Gasteiger partial charge >= 0.3 is 0 Å². The van der Waals surface area contributed by atoms with Gasteiger partial charge in [0.15, 0.2) is 0 Å². The number of rotatable bonds is 14. The summed E-state index contributed by atoms with van der Waals surface area (Å²) in [6.45, 7) is 7.91. The average Bonchev–Trinajstić information content (AvgIpc) is 3.27. The van der Waals surface area contributed by atoms with E-state index in [0.29, 0.717) is 13.0 Å². The number of nitrogens with zero attached hydrogens (tertiary/aromatic N) is 1. The predicted molar refractivity (Wildman–Crippen MR) is 136 cm³/mol. The van der Waals surface area contributed by atoms with E-state index in [1.165, 1.54) is 0 Å². The molecule has 11 nitrogen and oxygen atoms in total. The van der Waals surface area contributed by atoms with Crippen LogP contribution in [0.25, 0.3) is 0 Å². The zero-order valence-corrected chi connectivity index (χ0v) is 21.8. The number of ether oxygens (including phenoxy) is 3. The summed E-state index contributed by atoms with van der Waals surface area (Å²) < 4.78 is 17.3. The second-order valence-electron chi connectivity index (χ2n) is 9.69. The van der Waals surface area contributed by atoms with Crippen LogP contribution in [0.4, 0.5) is 0 Å². The zero-order chi connectivity index (χ0) is 26.9. The Morgan fingerprint density at radius 2 is 1.84 bits per heavy atom. The molecule has 5 atom stereocenters. The average molecular weight is 524 g/mol. The van der Waals surface area contributed by atoms with Crippen molar-refractivity contribution in [3.63, 3.8) is 0 Å². The Bertz CT molecular complexity index is 967. The first-order valence-corrected chi connectivity index (χ1v) is 12.8. The van der Waals surface area contributed by atoms with Crippen LogP contribution in [0.2, 0.25) is 0 Å². The summed E-state index contributed by atoms with van der Waals surface area (Å²) in [5, 5.41) is 59.4. The van der Waals surface area contributed by atoms with E-state index in [1.54, 1.807) is 0 Å². The summed E-state index contributed by atoms with van der Waals surface area (Å²) in [7, 11) is 0. The maximum Gasteiger partial charge on any atom is 0.238 e. The van der Waals surface area contributed by atoms with Gasteiger partial charge < -0.3 is 45.1 Å². The van der Waals surface area contributed by atoms with Gasteiger partial charge in [-0.15, -0.1) is 5.10 Å². The van der Waals surface area contributed by atoms with Crippen LogP contribution < -0.4 is 14.8 Å². The highest BCUT2D eigenvalue weighted by Gasteiger charge is 2.45. The number of aliphatic hydroxyl groups excluding tert-OH is 5. The molecule has 1 saturated heterocycles. The minimum atomic E-state index is -1.53. The molecular formula is C26H41N3O8. The summed E-state index contributed by atoms with van der Waals surface area (Å²) in [6, 6.07) is 5.91. The fraction of sp³-hybridized carbons (Fsp3) is 0.654. The van der Waals surface area contributed by atoms with Gasteiger partial charge in [0.1, 0.15) is 30.2 Å². The molecule has 2 aromatic rings. The summed E-state index contributed by atoms with van der Waals surface area (Å²) >= 11 is 0. The van der Waals surface area contributed by atoms with E-state index < -0.39 is 37.3 Å². The fourth-order valence-corrected chi connectivity index (χ4v) is 4.24. The molecule has 0 aliphatic carbocycles. The molecule has 1 fully saturated rings. The van der Waals surface area contributed by atoms with E-state index in [-0.39, 0.29) is 18.4 Å². The summed E-state index contributed by atoms with van der Waals surface area (Å²) in [5.41, 5.74) is 3.74. The molecular weight excluding hydrogens is 482 g/mol. The first kappa shape index (κ1) is 29.3. The summed E-state index contributed by atoms with van der Waals surface area (Å²) in [4.78, 5) is 0. The lowest BCUT2D eigenvalue weighted by Crippen LogP contribution is -2.60. The smallest absolute Gasteiger partial charge is 0.238 e. The Morgan fingerprint density at radius 3 is 2.51 bits per heavy atom. The molecule has 1 unspecified atom stereocenters. The van der Waals surface area contributed by atoms with Gasteiger partial charge in [-0.25, -0.2) is 0 Å². The van der Waals surface area contributed by atoms with Crippen LogP contribution >= 0.6 is 0 Å². The number of aryl methyl sites for hydroxylation is 1. The number of hydrogen-bond donors (Lipinski definition) is 7. The van der Waals surface area contributed by atoms with Gasteiger partial charge in [0.25, 0.3) is 0 Å². The number of aromatic nitrogens is 2. The third-order valence-electron chi connectivity index (χ3n) is 6.47. The Labute approximate surface area is 217 Å². The lowest BCUT2D eigenvalue weighted by atomic mass is 9.96. The van der Waals surface area contributed by atoms with Gasteiger partial charge in [-0.2, -0.15) is 0 Å². The molecule has 11 heteroatoms. The van der Waals surface area contributed by atoms with Gasteiger partial charge in [-0.3, -0.25) is 5.10 Å². The van der Waals surface area contributed by atoms with Crippen LogP contribution in [-0.2, 0) is 11.2 Å². The normalized spacial score (nSPS) is 24.0. The number of aliphatic hydroxyl groups is 5. The Balaban J connectivity index is 1.68. The van der Waals surface area contributed by atoms with Gasteiger partial charge in [-0.1, -0.05) is 19.9 Å². The number of aromatic amines is 1. The number of nitrogens with one attached hydrogen (secondary N) is 2. The van der Waals surface area contributed by atoms with Crippen molar-refractivity contribution in [2.75, 3.05) is 32.9 Å². The third kappa shape index (κ3) is 7.64. The topological polar surface area (TPSA) is 170 Å². The minimum Gasteiger partial charge on any atom is -0.494 e. The lowest BCUT2D eigenvalue weighted by Gasteiger charge is -2.39. The van der Waals surface area contributed by atoms with Crippen LogP contribution in [0.3, 0.4) is 0 Å². The van der Waals surface area contributed by atoms with E-state index in [2.05, 4.69) is 15.5 Å². The highest BCUT2D eigenvalue weighted by atomic mass is 16.7.